The predicted octanol–water partition coefficient (Wildman–Crippen LogP) is 1.13. The molecule has 0 radical (unpaired) electrons. The van der Waals surface area contributed by atoms with Crippen LogP contribution in [-0.4, -0.2) is 84.8 Å². The monoisotopic (exact) mass is 401 g/mol. The van der Waals surface area contributed by atoms with Crippen molar-refractivity contribution < 1.29 is 22.4 Å². The third-order valence-electron chi connectivity index (χ3n) is 5.78. The predicted molar refractivity (Wildman–Crippen MR) is 94.7 cm³/mol. The molecule has 3 aliphatic heterocycles. The number of aromatic nitrogens is 1. The largest absolute Gasteiger partial charge is 0.419 e. The van der Waals surface area contributed by atoms with Crippen LogP contribution in [-0.2, 0) is 11.0 Å². The molecule has 0 unspecified atom stereocenters. The number of likely N-dealkylation sites (tertiary alicyclic amines) is 1. The second-order valence-electron chi connectivity index (χ2n) is 7.59. The number of carbonyl (C=O) groups is 1. The van der Waals surface area contributed by atoms with Gasteiger partial charge in [-0.1, -0.05) is 0 Å². The Balaban J connectivity index is 1.32. The van der Waals surface area contributed by atoms with Gasteiger partial charge in [0.15, 0.2) is 0 Å². The third-order valence-corrected chi connectivity index (χ3v) is 5.78. The molecular formula is C18H23F4N5O. The number of halogens is 4. The highest BCUT2D eigenvalue weighted by atomic mass is 19.4. The Bertz CT molecular complexity index is 716. The number of nitrogens with zero attached hydrogens (tertiary/aromatic N) is 4. The lowest BCUT2D eigenvalue weighted by Gasteiger charge is -2.39. The number of rotatable bonds is 3. The maximum Gasteiger partial charge on any atom is 0.419 e. The van der Waals surface area contributed by atoms with E-state index in [0.717, 1.165) is 6.07 Å². The van der Waals surface area contributed by atoms with Gasteiger partial charge in [0.2, 0.25) is 5.91 Å². The fourth-order valence-electron chi connectivity index (χ4n) is 4.18. The van der Waals surface area contributed by atoms with Gasteiger partial charge in [-0.05, 0) is 18.6 Å². The van der Waals surface area contributed by atoms with E-state index in [1.54, 1.807) is 4.90 Å². The van der Waals surface area contributed by atoms with E-state index in [9.17, 15) is 22.4 Å². The number of hydrogen-bond donors (Lipinski definition) is 1. The first-order valence-electron chi connectivity index (χ1n) is 9.50. The van der Waals surface area contributed by atoms with Gasteiger partial charge in [0.25, 0.3) is 0 Å². The van der Waals surface area contributed by atoms with Crippen molar-refractivity contribution >= 4 is 11.7 Å². The van der Waals surface area contributed by atoms with Crippen molar-refractivity contribution in [1.82, 2.24) is 20.1 Å². The van der Waals surface area contributed by atoms with Crippen LogP contribution < -0.4 is 10.2 Å². The smallest absolute Gasteiger partial charge is 0.354 e. The normalized spacial score (nSPS) is 27.1. The van der Waals surface area contributed by atoms with Crippen molar-refractivity contribution in [3.63, 3.8) is 0 Å². The van der Waals surface area contributed by atoms with Gasteiger partial charge in [0.05, 0.1) is 24.7 Å². The van der Waals surface area contributed by atoms with Crippen LogP contribution >= 0.6 is 0 Å². The van der Waals surface area contributed by atoms with Crippen molar-refractivity contribution in [2.75, 3.05) is 50.7 Å². The minimum Gasteiger partial charge on any atom is -0.354 e. The zero-order valence-electron chi connectivity index (χ0n) is 15.3. The van der Waals surface area contributed by atoms with E-state index < -0.39 is 17.9 Å². The SMILES string of the molecule is O=C([C@@H]1C[C@H](N2CCN(c3ncccc3C(F)(F)F)CC2)CN1)N1CC(F)C1. The van der Waals surface area contributed by atoms with Crippen molar-refractivity contribution in [3.8, 4) is 0 Å². The van der Waals surface area contributed by atoms with Gasteiger partial charge < -0.3 is 15.1 Å². The van der Waals surface area contributed by atoms with E-state index in [4.69, 9.17) is 0 Å². The number of amides is 1. The van der Waals surface area contributed by atoms with E-state index in [-0.39, 0.29) is 36.9 Å². The van der Waals surface area contributed by atoms with Gasteiger partial charge in [-0.25, -0.2) is 9.37 Å². The first-order chi connectivity index (χ1) is 13.3. The van der Waals surface area contributed by atoms with E-state index in [2.05, 4.69) is 15.2 Å². The maximum absolute atomic E-state index is 13.2. The highest BCUT2D eigenvalue weighted by Crippen LogP contribution is 2.35. The molecule has 3 fully saturated rings. The molecule has 0 bridgehead atoms. The van der Waals surface area contributed by atoms with Crippen LogP contribution in [0.3, 0.4) is 0 Å². The minimum atomic E-state index is -4.43. The summed E-state index contributed by atoms with van der Waals surface area (Å²) in [5.74, 6) is -0.0795. The van der Waals surface area contributed by atoms with Gasteiger partial charge >= 0.3 is 6.18 Å². The van der Waals surface area contributed by atoms with Crippen LogP contribution in [0.15, 0.2) is 18.3 Å². The van der Waals surface area contributed by atoms with Crippen molar-refractivity contribution in [3.05, 3.63) is 23.9 Å². The molecule has 1 aromatic heterocycles. The van der Waals surface area contributed by atoms with Crippen molar-refractivity contribution in [2.45, 2.75) is 30.9 Å². The molecule has 3 saturated heterocycles. The topological polar surface area (TPSA) is 51.7 Å². The molecule has 1 N–H and O–H groups in total. The first-order valence-corrected chi connectivity index (χ1v) is 9.50. The molecule has 4 rings (SSSR count). The van der Waals surface area contributed by atoms with Crippen LogP contribution in [0.25, 0.3) is 0 Å². The molecular weight excluding hydrogens is 378 g/mol. The number of hydrogen-bond acceptors (Lipinski definition) is 5. The number of pyridine rings is 1. The summed E-state index contributed by atoms with van der Waals surface area (Å²) < 4.78 is 52.6. The second kappa shape index (κ2) is 7.47. The third kappa shape index (κ3) is 3.80. The first kappa shape index (κ1) is 19.4. The average Bonchev–Trinajstić information content (AvgIpc) is 3.15. The summed E-state index contributed by atoms with van der Waals surface area (Å²) in [5.41, 5.74) is -0.711. The quantitative estimate of drug-likeness (QED) is 0.770. The van der Waals surface area contributed by atoms with Gasteiger partial charge in [-0.3, -0.25) is 9.69 Å². The van der Waals surface area contributed by atoms with Gasteiger partial charge in [-0.2, -0.15) is 13.2 Å². The number of nitrogens with one attached hydrogen (secondary N) is 1. The van der Waals surface area contributed by atoms with Gasteiger partial charge in [0, 0.05) is 45.0 Å². The van der Waals surface area contributed by atoms with E-state index >= 15 is 0 Å². The molecule has 0 aliphatic carbocycles. The van der Waals surface area contributed by atoms with E-state index in [1.807, 2.05) is 0 Å². The number of carbonyl (C=O) groups excluding carboxylic acids is 1. The van der Waals surface area contributed by atoms with E-state index in [1.165, 1.54) is 17.2 Å². The summed E-state index contributed by atoms with van der Waals surface area (Å²) >= 11 is 0. The summed E-state index contributed by atoms with van der Waals surface area (Å²) in [6.45, 7) is 3.11. The molecule has 6 nitrogen and oxygen atoms in total. The molecule has 10 heteroatoms. The molecule has 0 aromatic carbocycles. The molecule has 3 aliphatic rings. The summed E-state index contributed by atoms with van der Waals surface area (Å²) in [4.78, 5) is 21.7. The minimum absolute atomic E-state index is 0.0224. The van der Waals surface area contributed by atoms with E-state index in [0.29, 0.717) is 39.1 Å². The number of anilines is 1. The Labute approximate surface area is 160 Å². The summed E-state index contributed by atoms with van der Waals surface area (Å²) in [5, 5.41) is 3.21. The fourth-order valence-corrected chi connectivity index (χ4v) is 4.18. The lowest BCUT2D eigenvalue weighted by atomic mass is 10.1. The highest BCUT2D eigenvalue weighted by Gasteiger charge is 2.40. The molecule has 1 aromatic rings. The van der Waals surface area contributed by atoms with Crippen LogP contribution in [0.1, 0.15) is 12.0 Å². The number of piperazine rings is 1. The van der Waals surface area contributed by atoms with Crippen LogP contribution in [0, 0.1) is 0 Å². The zero-order valence-corrected chi connectivity index (χ0v) is 15.3. The van der Waals surface area contributed by atoms with Crippen molar-refractivity contribution in [1.29, 1.82) is 0 Å². The maximum atomic E-state index is 13.2. The van der Waals surface area contributed by atoms with Crippen molar-refractivity contribution in [2.24, 2.45) is 0 Å². The Hall–Kier alpha value is -1.94. The zero-order chi connectivity index (χ0) is 19.9. The Kier molecular flexibility index (Phi) is 5.17. The van der Waals surface area contributed by atoms with Crippen LogP contribution in [0.2, 0.25) is 0 Å². The van der Waals surface area contributed by atoms with Gasteiger partial charge in [-0.15, -0.1) is 0 Å². The molecule has 0 saturated carbocycles. The average molecular weight is 401 g/mol. The summed E-state index contributed by atoms with van der Waals surface area (Å²) in [6, 6.07) is 2.21. The van der Waals surface area contributed by atoms with Gasteiger partial charge in [0.1, 0.15) is 12.0 Å². The summed E-state index contributed by atoms with van der Waals surface area (Å²) in [6.07, 6.45) is -3.32. The highest BCUT2D eigenvalue weighted by molar-refractivity contribution is 5.83. The Morgan fingerprint density at radius 2 is 1.89 bits per heavy atom. The molecule has 2 atom stereocenters. The molecule has 1 amide bonds. The van der Waals surface area contributed by atoms with Crippen LogP contribution in [0.4, 0.5) is 23.4 Å². The lowest BCUT2D eigenvalue weighted by molar-refractivity contribution is -0.140. The molecule has 4 heterocycles. The second-order valence-corrected chi connectivity index (χ2v) is 7.59. The number of alkyl halides is 4. The lowest BCUT2D eigenvalue weighted by Crippen LogP contribution is -2.56. The summed E-state index contributed by atoms with van der Waals surface area (Å²) in [7, 11) is 0. The Morgan fingerprint density at radius 1 is 1.18 bits per heavy atom. The fraction of sp³-hybridized carbons (Fsp3) is 0.667. The standard InChI is InChI=1S/C18H23F4N5O/c19-12-10-27(11-12)17(28)15-8-13(9-24-15)25-4-6-26(7-5-25)16-14(18(20,21)22)2-1-3-23-16/h1-3,12-13,15,24H,4-11H2/t13-,15-/m0/s1. The Morgan fingerprint density at radius 3 is 2.54 bits per heavy atom. The van der Waals surface area contributed by atoms with Crippen LogP contribution in [0.5, 0.6) is 0 Å². The molecule has 154 valence electrons. The molecule has 28 heavy (non-hydrogen) atoms. The molecule has 0 spiro atoms.